The predicted octanol–water partition coefficient (Wildman–Crippen LogP) is 2.84. The van der Waals surface area contributed by atoms with E-state index in [9.17, 15) is 4.79 Å². The zero-order valence-electron chi connectivity index (χ0n) is 13.1. The van der Waals surface area contributed by atoms with Crippen molar-refractivity contribution < 1.29 is 4.79 Å². The quantitative estimate of drug-likeness (QED) is 0.915. The maximum atomic E-state index is 12.9. The molecule has 0 aromatic heterocycles. The number of benzene rings is 1. The van der Waals surface area contributed by atoms with Crippen LogP contribution in [0, 0.1) is 5.92 Å². The van der Waals surface area contributed by atoms with E-state index in [2.05, 4.69) is 39.1 Å². The fourth-order valence-electron chi connectivity index (χ4n) is 2.81. The number of nitrogens with one attached hydrogen (secondary N) is 1. The van der Waals surface area contributed by atoms with Crippen molar-refractivity contribution in [1.82, 2.24) is 10.2 Å². The smallest absolute Gasteiger partial charge is 0.254 e. The Morgan fingerprint density at radius 3 is 2.70 bits per heavy atom. The zero-order chi connectivity index (χ0) is 14.7. The molecule has 0 saturated heterocycles. The van der Waals surface area contributed by atoms with Gasteiger partial charge in [0.05, 0.1) is 0 Å². The van der Waals surface area contributed by atoms with Gasteiger partial charge in [0.15, 0.2) is 0 Å². The minimum atomic E-state index is 0.187. The van der Waals surface area contributed by atoms with Gasteiger partial charge in [-0.1, -0.05) is 26.0 Å². The predicted molar refractivity (Wildman–Crippen MR) is 82.9 cm³/mol. The number of nitrogens with zero attached hydrogens (tertiary/aromatic N) is 1. The molecular formula is C17H26N2O. The summed E-state index contributed by atoms with van der Waals surface area (Å²) in [5.74, 6) is 0.676. The van der Waals surface area contributed by atoms with E-state index in [4.69, 9.17) is 0 Å². The Hall–Kier alpha value is -1.35. The first-order chi connectivity index (χ1) is 9.50. The summed E-state index contributed by atoms with van der Waals surface area (Å²) >= 11 is 0. The molecule has 1 aliphatic heterocycles. The molecule has 0 spiro atoms. The highest BCUT2D eigenvalue weighted by Crippen LogP contribution is 2.21. The molecular weight excluding hydrogens is 248 g/mol. The highest BCUT2D eigenvalue weighted by molar-refractivity contribution is 5.96. The normalized spacial score (nSPS) is 14.5. The van der Waals surface area contributed by atoms with Crippen LogP contribution < -0.4 is 5.32 Å². The maximum Gasteiger partial charge on any atom is 0.254 e. The van der Waals surface area contributed by atoms with Gasteiger partial charge in [0.25, 0.3) is 5.91 Å². The van der Waals surface area contributed by atoms with Crippen LogP contribution in [-0.2, 0) is 13.0 Å². The molecule has 0 unspecified atom stereocenters. The Labute approximate surface area is 122 Å². The standard InChI is InChI=1S/C17H26N2O/c1-12(2)11-19(13(3)4)17(20)16-7-5-6-14-10-18-9-8-15(14)16/h5-7,12-13,18H,8-11H2,1-4H3. The van der Waals surface area contributed by atoms with Gasteiger partial charge in [0, 0.05) is 24.7 Å². The van der Waals surface area contributed by atoms with Crippen molar-refractivity contribution in [1.29, 1.82) is 0 Å². The molecule has 0 atom stereocenters. The molecule has 3 heteroatoms. The summed E-state index contributed by atoms with van der Waals surface area (Å²) in [5, 5.41) is 3.37. The van der Waals surface area contributed by atoms with Crippen molar-refractivity contribution in [3.63, 3.8) is 0 Å². The van der Waals surface area contributed by atoms with Gasteiger partial charge < -0.3 is 10.2 Å². The summed E-state index contributed by atoms with van der Waals surface area (Å²) in [5.41, 5.74) is 3.42. The molecule has 0 bridgehead atoms. The van der Waals surface area contributed by atoms with Gasteiger partial charge in [0.1, 0.15) is 0 Å². The Morgan fingerprint density at radius 1 is 1.30 bits per heavy atom. The molecule has 0 fully saturated rings. The van der Waals surface area contributed by atoms with Gasteiger partial charge in [-0.2, -0.15) is 0 Å². The Morgan fingerprint density at radius 2 is 2.05 bits per heavy atom. The molecule has 1 heterocycles. The number of carbonyl (C=O) groups is 1. The molecule has 1 aromatic rings. The lowest BCUT2D eigenvalue weighted by Crippen LogP contribution is -2.40. The third kappa shape index (κ3) is 3.21. The SMILES string of the molecule is CC(C)CN(C(=O)c1cccc2c1CCNC2)C(C)C. The van der Waals surface area contributed by atoms with Gasteiger partial charge in [-0.3, -0.25) is 4.79 Å². The first-order valence-corrected chi connectivity index (χ1v) is 7.63. The van der Waals surface area contributed by atoms with Crippen LogP contribution in [0.5, 0.6) is 0 Å². The summed E-state index contributed by atoms with van der Waals surface area (Å²) in [6.07, 6.45) is 0.949. The molecule has 0 aliphatic carbocycles. The van der Waals surface area contributed by atoms with E-state index in [-0.39, 0.29) is 11.9 Å². The fraction of sp³-hybridized carbons (Fsp3) is 0.588. The molecule has 110 valence electrons. The van der Waals surface area contributed by atoms with Crippen LogP contribution in [0.1, 0.15) is 49.2 Å². The summed E-state index contributed by atoms with van der Waals surface area (Å²) in [4.78, 5) is 14.9. The van der Waals surface area contributed by atoms with Gasteiger partial charge in [0.2, 0.25) is 0 Å². The average molecular weight is 274 g/mol. The van der Waals surface area contributed by atoms with E-state index in [1.54, 1.807) is 0 Å². The third-order valence-corrected chi connectivity index (χ3v) is 3.82. The second kappa shape index (κ2) is 6.40. The number of amides is 1. The van der Waals surface area contributed by atoms with Crippen LogP contribution in [-0.4, -0.2) is 29.9 Å². The molecule has 0 saturated carbocycles. The van der Waals surface area contributed by atoms with Gasteiger partial charge >= 0.3 is 0 Å². The van der Waals surface area contributed by atoms with Crippen LogP contribution in [0.15, 0.2) is 18.2 Å². The van der Waals surface area contributed by atoms with Gasteiger partial charge in [-0.15, -0.1) is 0 Å². The van der Waals surface area contributed by atoms with Crippen LogP contribution in [0.4, 0.5) is 0 Å². The number of hydrogen-bond donors (Lipinski definition) is 1. The van der Waals surface area contributed by atoms with E-state index in [1.807, 2.05) is 17.0 Å². The van der Waals surface area contributed by atoms with Gasteiger partial charge in [-0.25, -0.2) is 0 Å². The second-order valence-corrected chi connectivity index (χ2v) is 6.32. The molecule has 3 nitrogen and oxygen atoms in total. The topological polar surface area (TPSA) is 32.3 Å². The van der Waals surface area contributed by atoms with E-state index >= 15 is 0 Å². The molecule has 20 heavy (non-hydrogen) atoms. The number of carbonyl (C=O) groups excluding carboxylic acids is 1. The lowest BCUT2D eigenvalue weighted by atomic mass is 9.94. The number of fused-ring (bicyclic) bond motifs is 1. The molecule has 2 rings (SSSR count). The summed E-state index contributed by atoms with van der Waals surface area (Å²) < 4.78 is 0. The average Bonchev–Trinajstić information content (AvgIpc) is 2.43. The molecule has 1 aliphatic rings. The zero-order valence-corrected chi connectivity index (χ0v) is 13.1. The van der Waals surface area contributed by atoms with E-state index in [0.717, 1.165) is 31.6 Å². The minimum absolute atomic E-state index is 0.187. The maximum absolute atomic E-state index is 12.9. The highest BCUT2D eigenvalue weighted by atomic mass is 16.2. The second-order valence-electron chi connectivity index (χ2n) is 6.32. The van der Waals surface area contributed by atoms with Crippen molar-refractivity contribution in [2.45, 2.75) is 46.7 Å². The monoisotopic (exact) mass is 274 g/mol. The number of rotatable bonds is 4. The Kier molecular flexibility index (Phi) is 4.81. The minimum Gasteiger partial charge on any atom is -0.336 e. The third-order valence-electron chi connectivity index (χ3n) is 3.82. The van der Waals surface area contributed by atoms with Crippen LogP contribution in [0.2, 0.25) is 0 Å². The van der Waals surface area contributed by atoms with Crippen LogP contribution >= 0.6 is 0 Å². The van der Waals surface area contributed by atoms with Crippen molar-refractivity contribution in [3.8, 4) is 0 Å². The first kappa shape index (κ1) is 15.0. The molecule has 1 N–H and O–H groups in total. The van der Waals surface area contributed by atoms with Crippen LogP contribution in [0.25, 0.3) is 0 Å². The van der Waals surface area contributed by atoms with Crippen molar-refractivity contribution in [2.75, 3.05) is 13.1 Å². The summed E-state index contributed by atoms with van der Waals surface area (Å²) in [6, 6.07) is 6.36. The number of hydrogen-bond acceptors (Lipinski definition) is 2. The van der Waals surface area contributed by atoms with Crippen molar-refractivity contribution in [2.24, 2.45) is 5.92 Å². The highest BCUT2D eigenvalue weighted by Gasteiger charge is 2.24. The molecule has 1 amide bonds. The first-order valence-electron chi connectivity index (χ1n) is 7.63. The summed E-state index contributed by atoms with van der Waals surface area (Å²) in [7, 11) is 0. The van der Waals surface area contributed by atoms with Crippen molar-refractivity contribution >= 4 is 5.91 Å². The molecule has 0 radical (unpaired) electrons. The fourth-order valence-corrected chi connectivity index (χ4v) is 2.81. The van der Waals surface area contributed by atoms with Crippen molar-refractivity contribution in [3.05, 3.63) is 34.9 Å². The van der Waals surface area contributed by atoms with Crippen LogP contribution in [0.3, 0.4) is 0 Å². The molecule has 1 aromatic carbocycles. The largest absolute Gasteiger partial charge is 0.336 e. The van der Waals surface area contributed by atoms with E-state index in [1.165, 1.54) is 11.1 Å². The van der Waals surface area contributed by atoms with Gasteiger partial charge in [-0.05, 0) is 49.9 Å². The lowest BCUT2D eigenvalue weighted by molar-refractivity contribution is 0.0680. The summed E-state index contributed by atoms with van der Waals surface area (Å²) in [6.45, 7) is 11.2. The Bertz CT molecular complexity index is 480. The van der Waals surface area contributed by atoms with E-state index in [0.29, 0.717) is 5.92 Å². The van der Waals surface area contributed by atoms with E-state index < -0.39 is 0 Å². The lowest BCUT2D eigenvalue weighted by Gasteiger charge is -2.30. The Balaban J connectivity index is 2.32.